The smallest absolute Gasteiger partial charge is 0.269 e. The van der Waals surface area contributed by atoms with Crippen LogP contribution in [0.1, 0.15) is 17.5 Å². The molecule has 0 aliphatic heterocycles. The van der Waals surface area contributed by atoms with Crippen molar-refractivity contribution in [3.63, 3.8) is 0 Å². The molecule has 0 unspecified atom stereocenters. The minimum absolute atomic E-state index is 0.0220. The van der Waals surface area contributed by atoms with Crippen LogP contribution in [0.25, 0.3) is 12.2 Å². The highest BCUT2D eigenvalue weighted by molar-refractivity contribution is 5.92. The highest BCUT2D eigenvalue weighted by atomic mass is 16.6. The summed E-state index contributed by atoms with van der Waals surface area (Å²) in [5.74, 6) is -0.634. The zero-order valence-electron chi connectivity index (χ0n) is 16.4. The molecule has 0 radical (unpaired) electrons. The van der Waals surface area contributed by atoms with E-state index in [0.717, 1.165) is 0 Å². The summed E-state index contributed by atoms with van der Waals surface area (Å²) >= 11 is 0. The number of nitrogens with zero attached hydrogens (tertiary/aromatic N) is 2. The molecule has 0 heterocycles. The van der Waals surface area contributed by atoms with E-state index in [4.69, 9.17) is 0 Å². The molecule has 10 heteroatoms. The Morgan fingerprint density at radius 3 is 1.39 bits per heavy atom. The van der Waals surface area contributed by atoms with Crippen LogP contribution in [0.5, 0.6) is 0 Å². The van der Waals surface area contributed by atoms with Crippen molar-refractivity contribution in [3.8, 4) is 0 Å². The number of carbonyl (C=O) groups is 2. The lowest BCUT2D eigenvalue weighted by Crippen LogP contribution is -2.28. The summed E-state index contributed by atoms with van der Waals surface area (Å²) in [6.07, 6.45) is 6.27. The van der Waals surface area contributed by atoms with Gasteiger partial charge < -0.3 is 10.6 Å². The Morgan fingerprint density at radius 1 is 0.710 bits per heavy atom. The third kappa shape index (κ3) is 8.28. The Kier molecular flexibility index (Phi) is 8.59. The largest absolute Gasteiger partial charge is 0.352 e. The maximum Gasteiger partial charge on any atom is 0.269 e. The number of benzene rings is 2. The van der Waals surface area contributed by atoms with Gasteiger partial charge in [-0.05, 0) is 54.0 Å². The van der Waals surface area contributed by atoms with Crippen LogP contribution in [0, 0.1) is 20.2 Å². The van der Waals surface area contributed by atoms with Crippen molar-refractivity contribution in [3.05, 3.63) is 92.0 Å². The van der Waals surface area contributed by atoms with E-state index in [9.17, 15) is 29.8 Å². The zero-order chi connectivity index (χ0) is 22.6. The second-order valence-electron chi connectivity index (χ2n) is 6.30. The number of hydrogen-bond acceptors (Lipinski definition) is 6. The van der Waals surface area contributed by atoms with E-state index < -0.39 is 9.85 Å². The average molecular weight is 424 g/mol. The summed E-state index contributed by atoms with van der Waals surface area (Å²) in [4.78, 5) is 43.7. The molecule has 2 amide bonds. The number of non-ortho nitro benzene ring substituents is 2. The highest BCUT2D eigenvalue weighted by Gasteiger charge is 2.04. The number of hydrogen-bond donors (Lipinski definition) is 2. The van der Waals surface area contributed by atoms with Gasteiger partial charge in [0.15, 0.2) is 0 Å². The maximum absolute atomic E-state index is 11.8. The minimum Gasteiger partial charge on any atom is -0.352 e. The van der Waals surface area contributed by atoms with Crippen molar-refractivity contribution >= 4 is 35.3 Å². The van der Waals surface area contributed by atoms with Crippen LogP contribution in [-0.4, -0.2) is 34.8 Å². The second-order valence-corrected chi connectivity index (χ2v) is 6.30. The topological polar surface area (TPSA) is 144 Å². The normalized spacial score (nSPS) is 10.8. The lowest BCUT2D eigenvalue weighted by atomic mass is 10.2. The third-order valence-electron chi connectivity index (χ3n) is 4.01. The predicted octanol–water partition coefficient (Wildman–Crippen LogP) is 2.85. The van der Waals surface area contributed by atoms with Crippen LogP contribution in [0.3, 0.4) is 0 Å². The molecule has 0 saturated carbocycles. The molecule has 0 aromatic heterocycles. The Balaban J connectivity index is 1.64. The second kappa shape index (κ2) is 11.6. The van der Waals surface area contributed by atoms with E-state index in [0.29, 0.717) is 30.6 Å². The fourth-order valence-electron chi connectivity index (χ4n) is 2.39. The molecule has 0 bridgehead atoms. The van der Waals surface area contributed by atoms with Crippen LogP contribution >= 0.6 is 0 Å². The monoisotopic (exact) mass is 424 g/mol. The molecule has 0 saturated heterocycles. The van der Waals surface area contributed by atoms with Crippen LogP contribution in [-0.2, 0) is 9.59 Å². The van der Waals surface area contributed by atoms with Crippen molar-refractivity contribution in [1.82, 2.24) is 10.6 Å². The number of carbonyl (C=O) groups excluding carboxylic acids is 2. The van der Waals surface area contributed by atoms with Gasteiger partial charge in [-0.3, -0.25) is 29.8 Å². The molecule has 160 valence electrons. The summed E-state index contributed by atoms with van der Waals surface area (Å²) in [7, 11) is 0. The minimum atomic E-state index is -0.496. The first-order chi connectivity index (χ1) is 14.8. The fraction of sp³-hybridized carbons (Fsp3) is 0.143. The zero-order valence-corrected chi connectivity index (χ0v) is 16.4. The van der Waals surface area contributed by atoms with Crippen molar-refractivity contribution in [1.29, 1.82) is 0 Å². The van der Waals surface area contributed by atoms with Crippen LogP contribution in [0.4, 0.5) is 11.4 Å². The van der Waals surface area contributed by atoms with Gasteiger partial charge in [0, 0.05) is 49.5 Å². The summed E-state index contributed by atoms with van der Waals surface area (Å²) in [6.45, 7) is 0.714. The Hall–Kier alpha value is -4.34. The SMILES string of the molecule is O=C(/C=C/c1ccc([N+](=O)[O-])cc1)NCCCNC(=O)/C=C/c1ccc([N+](=O)[O-])cc1. The maximum atomic E-state index is 11.8. The van der Waals surface area contributed by atoms with Gasteiger partial charge in [-0.2, -0.15) is 0 Å². The quantitative estimate of drug-likeness (QED) is 0.260. The van der Waals surface area contributed by atoms with Gasteiger partial charge >= 0.3 is 0 Å². The van der Waals surface area contributed by atoms with Crippen LogP contribution < -0.4 is 10.6 Å². The summed E-state index contributed by atoms with van der Waals surface area (Å²) < 4.78 is 0. The van der Waals surface area contributed by atoms with Crippen LogP contribution in [0.2, 0.25) is 0 Å². The van der Waals surface area contributed by atoms with E-state index in [1.54, 1.807) is 36.4 Å². The van der Waals surface area contributed by atoms with Gasteiger partial charge in [-0.25, -0.2) is 0 Å². The molecule has 2 rings (SSSR count). The molecule has 0 aliphatic carbocycles. The summed E-state index contributed by atoms with van der Waals surface area (Å²) in [5, 5.41) is 26.5. The van der Waals surface area contributed by atoms with Gasteiger partial charge in [-0.1, -0.05) is 0 Å². The average Bonchev–Trinajstić information content (AvgIpc) is 2.76. The van der Waals surface area contributed by atoms with Crippen molar-refractivity contribution in [2.75, 3.05) is 13.1 Å². The van der Waals surface area contributed by atoms with Gasteiger partial charge in [0.2, 0.25) is 11.8 Å². The molecular formula is C21H20N4O6. The Bertz CT molecular complexity index is 916. The number of nitrogens with one attached hydrogen (secondary N) is 2. The lowest BCUT2D eigenvalue weighted by molar-refractivity contribution is -0.385. The number of nitro benzene ring substituents is 2. The lowest BCUT2D eigenvalue weighted by Gasteiger charge is -2.03. The fourth-order valence-corrected chi connectivity index (χ4v) is 2.39. The molecule has 10 nitrogen and oxygen atoms in total. The number of amides is 2. The Labute approximate surface area is 177 Å². The van der Waals surface area contributed by atoms with Crippen molar-refractivity contribution in [2.45, 2.75) is 6.42 Å². The first-order valence-corrected chi connectivity index (χ1v) is 9.26. The van der Waals surface area contributed by atoms with E-state index in [2.05, 4.69) is 10.6 Å². The third-order valence-corrected chi connectivity index (χ3v) is 4.01. The van der Waals surface area contributed by atoms with E-state index in [1.807, 2.05) is 0 Å². The summed E-state index contributed by atoms with van der Waals surface area (Å²) in [6, 6.07) is 11.6. The molecular weight excluding hydrogens is 404 g/mol. The molecule has 2 N–H and O–H groups in total. The highest BCUT2D eigenvalue weighted by Crippen LogP contribution is 2.13. The van der Waals surface area contributed by atoms with E-state index in [-0.39, 0.29) is 23.2 Å². The van der Waals surface area contributed by atoms with Crippen molar-refractivity contribution in [2.24, 2.45) is 0 Å². The standard InChI is InChI=1S/C21H20N4O6/c26-20(12-6-16-2-8-18(9-3-16)24(28)29)22-14-1-15-23-21(27)13-7-17-4-10-19(11-5-17)25(30)31/h2-13H,1,14-15H2,(H,22,26)(H,23,27)/b12-6+,13-7+. The molecule has 2 aromatic rings. The molecule has 0 atom stereocenters. The van der Waals surface area contributed by atoms with E-state index in [1.165, 1.54) is 36.4 Å². The number of rotatable bonds is 10. The summed E-state index contributed by atoms with van der Waals surface area (Å²) in [5.41, 5.74) is 1.28. The van der Waals surface area contributed by atoms with Crippen LogP contribution in [0.15, 0.2) is 60.7 Å². The van der Waals surface area contributed by atoms with E-state index >= 15 is 0 Å². The van der Waals surface area contributed by atoms with Gasteiger partial charge in [-0.15, -0.1) is 0 Å². The molecule has 0 fully saturated rings. The Morgan fingerprint density at radius 2 is 1.06 bits per heavy atom. The van der Waals surface area contributed by atoms with Crippen molar-refractivity contribution < 1.29 is 19.4 Å². The first-order valence-electron chi connectivity index (χ1n) is 9.26. The molecule has 31 heavy (non-hydrogen) atoms. The molecule has 2 aromatic carbocycles. The number of nitro groups is 2. The van der Waals surface area contributed by atoms with Gasteiger partial charge in [0.05, 0.1) is 9.85 Å². The molecule has 0 spiro atoms. The molecule has 0 aliphatic rings. The van der Waals surface area contributed by atoms with Gasteiger partial charge in [0.25, 0.3) is 11.4 Å². The van der Waals surface area contributed by atoms with Gasteiger partial charge in [0.1, 0.15) is 0 Å². The first kappa shape index (κ1) is 22.9. The predicted molar refractivity (Wildman–Crippen MR) is 115 cm³/mol.